The van der Waals surface area contributed by atoms with Gasteiger partial charge in [-0.25, -0.2) is 4.79 Å². The van der Waals surface area contributed by atoms with Crippen molar-refractivity contribution in [2.75, 3.05) is 0 Å². The van der Waals surface area contributed by atoms with E-state index in [4.69, 9.17) is 5.11 Å². The molecule has 13 heavy (non-hydrogen) atoms. The highest BCUT2D eigenvalue weighted by Crippen LogP contribution is 2.19. The fourth-order valence-electron chi connectivity index (χ4n) is 1.70. The van der Waals surface area contributed by atoms with Gasteiger partial charge in [-0.05, 0) is 24.8 Å². The van der Waals surface area contributed by atoms with E-state index in [9.17, 15) is 4.79 Å². The van der Waals surface area contributed by atoms with Crippen molar-refractivity contribution in [2.24, 2.45) is 5.92 Å². The average Bonchev–Trinajstić information content (AvgIpc) is 2.46. The van der Waals surface area contributed by atoms with E-state index in [1.165, 1.54) is 0 Å². The van der Waals surface area contributed by atoms with Crippen LogP contribution in [0.4, 0.5) is 0 Å². The van der Waals surface area contributed by atoms with Gasteiger partial charge in [0.1, 0.15) is 0 Å². The highest BCUT2D eigenvalue weighted by atomic mass is 16.4. The van der Waals surface area contributed by atoms with Gasteiger partial charge in [-0.1, -0.05) is 6.92 Å². The van der Waals surface area contributed by atoms with Crippen LogP contribution >= 0.6 is 0 Å². The topological polar surface area (TPSA) is 55.1 Å². The van der Waals surface area contributed by atoms with Crippen LogP contribution in [-0.4, -0.2) is 20.9 Å². The maximum Gasteiger partial charge on any atom is 0.356 e. The Morgan fingerprint density at radius 1 is 1.77 bits per heavy atom. The van der Waals surface area contributed by atoms with Gasteiger partial charge in [0.25, 0.3) is 0 Å². The third-order valence-corrected chi connectivity index (χ3v) is 2.46. The molecule has 2 rings (SSSR count). The van der Waals surface area contributed by atoms with Crippen LogP contribution in [0.3, 0.4) is 0 Å². The predicted octanol–water partition coefficient (Wildman–Crippen LogP) is 1.16. The van der Waals surface area contributed by atoms with Crippen LogP contribution in [0.1, 0.15) is 29.5 Å². The van der Waals surface area contributed by atoms with E-state index in [0.29, 0.717) is 5.92 Å². The third kappa shape index (κ3) is 1.43. The highest BCUT2D eigenvalue weighted by molar-refractivity contribution is 5.85. The number of carboxylic acid groups (broad SMARTS) is 1. The minimum Gasteiger partial charge on any atom is -0.476 e. The molecular formula is C9H12N2O2. The van der Waals surface area contributed by atoms with E-state index < -0.39 is 5.97 Å². The smallest absolute Gasteiger partial charge is 0.356 e. The fourth-order valence-corrected chi connectivity index (χ4v) is 1.70. The normalized spacial score (nSPS) is 21.2. The summed E-state index contributed by atoms with van der Waals surface area (Å²) in [6, 6.07) is 1.67. The van der Waals surface area contributed by atoms with E-state index in [1.807, 2.05) is 4.68 Å². The van der Waals surface area contributed by atoms with E-state index in [2.05, 4.69) is 12.0 Å². The maximum absolute atomic E-state index is 10.6. The maximum atomic E-state index is 10.6. The van der Waals surface area contributed by atoms with Crippen molar-refractivity contribution in [3.05, 3.63) is 17.5 Å². The zero-order valence-corrected chi connectivity index (χ0v) is 7.53. The summed E-state index contributed by atoms with van der Waals surface area (Å²) in [5.74, 6) is -0.330. The molecule has 1 aliphatic rings. The SMILES string of the molecule is CC1CCc2cc(C(=O)O)nn2C1. The molecule has 2 heterocycles. The van der Waals surface area contributed by atoms with E-state index >= 15 is 0 Å². The molecule has 0 aromatic carbocycles. The molecule has 1 unspecified atom stereocenters. The molecule has 4 nitrogen and oxygen atoms in total. The quantitative estimate of drug-likeness (QED) is 0.705. The first-order chi connectivity index (χ1) is 6.16. The Morgan fingerprint density at radius 2 is 2.54 bits per heavy atom. The van der Waals surface area contributed by atoms with Crippen molar-refractivity contribution >= 4 is 5.97 Å². The number of carbonyl (C=O) groups is 1. The molecule has 0 aliphatic carbocycles. The van der Waals surface area contributed by atoms with Crippen LogP contribution in [0, 0.1) is 5.92 Å². The standard InChI is InChI=1S/C9H12N2O2/c1-6-2-3-7-4-8(9(12)13)10-11(7)5-6/h4,6H,2-3,5H2,1H3,(H,12,13). The number of aryl methyl sites for hydroxylation is 1. The fraction of sp³-hybridized carbons (Fsp3) is 0.556. The molecular weight excluding hydrogens is 168 g/mol. The van der Waals surface area contributed by atoms with Gasteiger partial charge in [0, 0.05) is 12.2 Å². The Bertz CT molecular complexity index is 343. The zero-order chi connectivity index (χ0) is 9.42. The van der Waals surface area contributed by atoms with Gasteiger partial charge in [0.15, 0.2) is 5.69 Å². The number of fused-ring (bicyclic) bond motifs is 1. The number of aromatic carboxylic acids is 1. The summed E-state index contributed by atoms with van der Waals surface area (Å²) < 4.78 is 1.82. The first-order valence-corrected chi connectivity index (χ1v) is 4.47. The molecule has 0 fully saturated rings. The average molecular weight is 180 g/mol. The first-order valence-electron chi connectivity index (χ1n) is 4.47. The lowest BCUT2D eigenvalue weighted by Crippen LogP contribution is -2.18. The predicted molar refractivity (Wildman–Crippen MR) is 46.7 cm³/mol. The number of hydrogen-bond acceptors (Lipinski definition) is 2. The summed E-state index contributed by atoms with van der Waals surface area (Å²) in [6.45, 7) is 3.01. The lowest BCUT2D eigenvalue weighted by Gasteiger charge is -2.19. The van der Waals surface area contributed by atoms with E-state index in [1.54, 1.807) is 6.07 Å². The zero-order valence-electron chi connectivity index (χ0n) is 7.53. The summed E-state index contributed by atoms with van der Waals surface area (Å²) in [4.78, 5) is 10.6. The second kappa shape index (κ2) is 2.87. The second-order valence-electron chi connectivity index (χ2n) is 3.65. The van der Waals surface area contributed by atoms with Gasteiger partial charge in [-0.15, -0.1) is 0 Å². The minimum atomic E-state index is -0.936. The molecule has 1 aromatic heterocycles. The Morgan fingerprint density at radius 3 is 3.23 bits per heavy atom. The monoisotopic (exact) mass is 180 g/mol. The van der Waals surface area contributed by atoms with Crippen LogP contribution in [0.15, 0.2) is 6.07 Å². The lowest BCUT2D eigenvalue weighted by molar-refractivity contribution is 0.0689. The second-order valence-corrected chi connectivity index (χ2v) is 3.65. The molecule has 1 atom stereocenters. The lowest BCUT2D eigenvalue weighted by atomic mass is 10.0. The Kier molecular flexibility index (Phi) is 1.83. The van der Waals surface area contributed by atoms with Crippen molar-refractivity contribution in [3.8, 4) is 0 Å². The summed E-state index contributed by atoms with van der Waals surface area (Å²) in [6.07, 6.45) is 2.08. The molecule has 0 saturated heterocycles. The molecule has 0 amide bonds. The van der Waals surface area contributed by atoms with Crippen molar-refractivity contribution < 1.29 is 9.90 Å². The van der Waals surface area contributed by atoms with E-state index in [0.717, 1.165) is 25.1 Å². The molecule has 70 valence electrons. The number of nitrogens with zero attached hydrogens (tertiary/aromatic N) is 2. The molecule has 0 radical (unpaired) electrons. The number of rotatable bonds is 1. The van der Waals surface area contributed by atoms with Crippen LogP contribution in [0.2, 0.25) is 0 Å². The van der Waals surface area contributed by atoms with Crippen LogP contribution in [0.5, 0.6) is 0 Å². The van der Waals surface area contributed by atoms with Gasteiger partial charge < -0.3 is 5.11 Å². The minimum absolute atomic E-state index is 0.170. The van der Waals surface area contributed by atoms with Crippen LogP contribution in [0.25, 0.3) is 0 Å². The highest BCUT2D eigenvalue weighted by Gasteiger charge is 2.19. The Labute approximate surface area is 76.2 Å². The molecule has 0 bridgehead atoms. The van der Waals surface area contributed by atoms with Crippen molar-refractivity contribution in [2.45, 2.75) is 26.3 Å². The van der Waals surface area contributed by atoms with Crippen molar-refractivity contribution in [1.29, 1.82) is 0 Å². The van der Waals surface area contributed by atoms with Gasteiger partial charge in [0.2, 0.25) is 0 Å². The summed E-state index contributed by atoms with van der Waals surface area (Å²) in [5.41, 5.74) is 1.22. The number of hydrogen-bond donors (Lipinski definition) is 1. The first kappa shape index (κ1) is 8.29. The largest absolute Gasteiger partial charge is 0.476 e. The molecule has 1 aliphatic heterocycles. The Hall–Kier alpha value is -1.32. The van der Waals surface area contributed by atoms with Gasteiger partial charge in [-0.2, -0.15) is 5.10 Å². The van der Waals surface area contributed by atoms with Crippen molar-refractivity contribution in [1.82, 2.24) is 9.78 Å². The number of aromatic nitrogens is 2. The van der Waals surface area contributed by atoms with Crippen molar-refractivity contribution in [3.63, 3.8) is 0 Å². The van der Waals surface area contributed by atoms with Crippen LogP contribution in [-0.2, 0) is 13.0 Å². The molecule has 0 saturated carbocycles. The van der Waals surface area contributed by atoms with Gasteiger partial charge in [-0.3, -0.25) is 4.68 Å². The molecule has 4 heteroatoms. The summed E-state index contributed by atoms with van der Waals surface area (Å²) >= 11 is 0. The molecule has 1 aromatic rings. The van der Waals surface area contributed by atoms with E-state index in [-0.39, 0.29) is 5.69 Å². The Balaban J connectivity index is 2.33. The molecule has 1 N–H and O–H groups in total. The summed E-state index contributed by atoms with van der Waals surface area (Å²) in [5, 5.41) is 12.7. The number of carboxylic acids is 1. The van der Waals surface area contributed by atoms with Crippen LogP contribution < -0.4 is 0 Å². The third-order valence-electron chi connectivity index (χ3n) is 2.46. The molecule has 0 spiro atoms. The summed E-state index contributed by atoms with van der Waals surface area (Å²) in [7, 11) is 0. The van der Waals surface area contributed by atoms with Gasteiger partial charge in [0.05, 0.1) is 0 Å². The van der Waals surface area contributed by atoms with Gasteiger partial charge >= 0.3 is 5.97 Å².